The van der Waals surface area contributed by atoms with Crippen molar-refractivity contribution in [2.24, 2.45) is 11.3 Å². The number of nitrogens with one attached hydrogen (secondary N) is 1. The van der Waals surface area contributed by atoms with Gasteiger partial charge in [-0.3, -0.25) is 4.79 Å². The van der Waals surface area contributed by atoms with Gasteiger partial charge in [0.15, 0.2) is 11.6 Å². The van der Waals surface area contributed by atoms with Gasteiger partial charge in [-0.05, 0) is 24.8 Å². The van der Waals surface area contributed by atoms with Crippen LogP contribution in [0.25, 0.3) is 0 Å². The molecular formula is C15H15F6NO. The summed E-state index contributed by atoms with van der Waals surface area (Å²) in [7, 11) is 0. The minimum Gasteiger partial charge on any atom is -0.351 e. The standard InChI is InChI=1S/C15H15F6NO/c1-8-3-2-4-14(8,15(19,20)21)13(23)22-7-9-5-10(16)6-11(17)12(9)18/h5-6,8H,2-4,7H2,1H3,(H,22,23). The first-order chi connectivity index (χ1) is 10.6. The summed E-state index contributed by atoms with van der Waals surface area (Å²) in [5.41, 5.74) is -3.09. The van der Waals surface area contributed by atoms with Crippen molar-refractivity contribution in [3.8, 4) is 0 Å². The smallest absolute Gasteiger partial charge is 0.351 e. The van der Waals surface area contributed by atoms with Crippen LogP contribution in [-0.2, 0) is 11.3 Å². The van der Waals surface area contributed by atoms with Crippen molar-refractivity contribution in [2.75, 3.05) is 0 Å². The second kappa shape index (κ2) is 6.05. The number of carbonyl (C=O) groups is 1. The highest BCUT2D eigenvalue weighted by atomic mass is 19.4. The topological polar surface area (TPSA) is 29.1 Å². The van der Waals surface area contributed by atoms with Crippen LogP contribution in [-0.4, -0.2) is 12.1 Å². The van der Waals surface area contributed by atoms with Gasteiger partial charge >= 0.3 is 6.18 Å². The average molecular weight is 339 g/mol. The van der Waals surface area contributed by atoms with E-state index >= 15 is 0 Å². The number of hydrogen-bond donors (Lipinski definition) is 1. The van der Waals surface area contributed by atoms with Crippen molar-refractivity contribution in [2.45, 2.75) is 38.9 Å². The Kier molecular flexibility index (Phi) is 4.64. The summed E-state index contributed by atoms with van der Waals surface area (Å²) in [5.74, 6) is -6.15. The van der Waals surface area contributed by atoms with E-state index in [1.807, 2.05) is 5.32 Å². The average Bonchev–Trinajstić information content (AvgIpc) is 2.83. The summed E-state index contributed by atoms with van der Waals surface area (Å²) >= 11 is 0. The van der Waals surface area contributed by atoms with E-state index in [0.29, 0.717) is 12.1 Å². The second-order valence-electron chi connectivity index (χ2n) is 5.81. The molecular weight excluding hydrogens is 324 g/mol. The number of hydrogen-bond acceptors (Lipinski definition) is 1. The van der Waals surface area contributed by atoms with Crippen LogP contribution in [0.2, 0.25) is 0 Å². The first kappa shape index (κ1) is 17.6. The van der Waals surface area contributed by atoms with E-state index in [1.54, 1.807) is 0 Å². The Morgan fingerprint density at radius 1 is 1.30 bits per heavy atom. The minimum atomic E-state index is -4.75. The molecule has 1 N–H and O–H groups in total. The molecule has 0 heterocycles. The van der Waals surface area contributed by atoms with Crippen molar-refractivity contribution < 1.29 is 31.1 Å². The van der Waals surface area contributed by atoms with Crippen molar-refractivity contribution in [1.82, 2.24) is 5.32 Å². The molecule has 2 rings (SSSR count). The van der Waals surface area contributed by atoms with Gasteiger partial charge in [-0.15, -0.1) is 0 Å². The molecule has 1 aliphatic carbocycles. The third-order valence-electron chi connectivity index (χ3n) is 4.47. The molecule has 1 aromatic rings. The van der Waals surface area contributed by atoms with Crippen LogP contribution in [0, 0.1) is 28.8 Å². The Morgan fingerprint density at radius 3 is 2.48 bits per heavy atom. The largest absolute Gasteiger partial charge is 0.403 e. The first-order valence-electron chi connectivity index (χ1n) is 7.08. The molecule has 0 aliphatic heterocycles. The SMILES string of the molecule is CC1CCCC1(C(=O)NCc1cc(F)cc(F)c1F)C(F)(F)F. The molecule has 0 bridgehead atoms. The molecule has 1 aromatic carbocycles. The molecule has 2 unspecified atom stereocenters. The molecule has 1 aliphatic rings. The summed E-state index contributed by atoms with van der Waals surface area (Å²) in [6.45, 7) is 0.617. The molecule has 1 amide bonds. The number of amides is 1. The van der Waals surface area contributed by atoms with Gasteiger partial charge < -0.3 is 5.32 Å². The molecule has 0 saturated heterocycles. The lowest BCUT2D eigenvalue weighted by molar-refractivity contribution is -0.230. The first-order valence-corrected chi connectivity index (χ1v) is 7.08. The molecule has 1 fully saturated rings. The van der Waals surface area contributed by atoms with Crippen LogP contribution in [0.15, 0.2) is 12.1 Å². The number of carbonyl (C=O) groups excluding carboxylic acids is 1. The van der Waals surface area contributed by atoms with Crippen molar-refractivity contribution in [3.05, 3.63) is 35.1 Å². The minimum absolute atomic E-state index is 0.246. The van der Waals surface area contributed by atoms with Gasteiger partial charge in [-0.2, -0.15) is 13.2 Å². The highest BCUT2D eigenvalue weighted by Crippen LogP contribution is 2.54. The monoisotopic (exact) mass is 339 g/mol. The van der Waals surface area contributed by atoms with Crippen LogP contribution in [0.1, 0.15) is 31.7 Å². The molecule has 128 valence electrons. The van der Waals surface area contributed by atoms with Crippen LogP contribution >= 0.6 is 0 Å². The molecule has 2 nitrogen and oxygen atoms in total. The highest BCUT2D eigenvalue weighted by molar-refractivity contribution is 5.84. The third-order valence-corrected chi connectivity index (χ3v) is 4.47. The van der Waals surface area contributed by atoms with Gasteiger partial charge in [0.1, 0.15) is 11.2 Å². The predicted octanol–water partition coefficient (Wildman–Crippen LogP) is 4.09. The lowest BCUT2D eigenvalue weighted by Gasteiger charge is -2.34. The third kappa shape index (κ3) is 3.03. The summed E-state index contributed by atoms with van der Waals surface area (Å²) in [6, 6.07) is 0.952. The quantitative estimate of drug-likeness (QED) is 0.652. The van der Waals surface area contributed by atoms with Crippen molar-refractivity contribution >= 4 is 5.91 Å². The molecule has 23 heavy (non-hydrogen) atoms. The summed E-state index contributed by atoms with van der Waals surface area (Å²) in [6.07, 6.45) is -4.62. The van der Waals surface area contributed by atoms with Gasteiger partial charge in [0.2, 0.25) is 5.91 Å². The van der Waals surface area contributed by atoms with Gasteiger partial charge in [0.05, 0.1) is 0 Å². The summed E-state index contributed by atoms with van der Waals surface area (Å²) in [5, 5.41) is 1.98. The molecule has 1 saturated carbocycles. The number of alkyl halides is 3. The summed E-state index contributed by atoms with van der Waals surface area (Å²) < 4.78 is 79.8. The Hall–Kier alpha value is -1.73. The normalized spacial score (nSPS) is 24.7. The highest BCUT2D eigenvalue weighted by Gasteiger charge is 2.64. The zero-order valence-electron chi connectivity index (χ0n) is 12.2. The molecule has 0 aromatic heterocycles. The Balaban J connectivity index is 2.22. The lowest BCUT2D eigenvalue weighted by atomic mass is 9.77. The van der Waals surface area contributed by atoms with Crippen molar-refractivity contribution in [1.29, 1.82) is 0 Å². The predicted molar refractivity (Wildman–Crippen MR) is 69.7 cm³/mol. The van der Waals surface area contributed by atoms with Crippen LogP contribution in [0.3, 0.4) is 0 Å². The maximum Gasteiger partial charge on any atom is 0.403 e. The fourth-order valence-corrected chi connectivity index (χ4v) is 3.14. The number of benzene rings is 1. The number of rotatable bonds is 3. The number of halogens is 6. The molecule has 8 heteroatoms. The van der Waals surface area contributed by atoms with E-state index in [2.05, 4.69) is 0 Å². The zero-order valence-corrected chi connectivity index (χ0v) is 12.2. The fraction of sp³-hybridized carbons (Fsp3) is 0.533. The zero-order chi connectivity index (χ0) is 17.4. The van der Waals surface area contributed by atoms with E-state index in [1.165, 1.54) is 6.92 Å². The Morgan fingerprint density at radius 2 is 1.96 bits per heavy atom. The van der Waals surface area contributed by atoms with Crippen molar-refractivity contribution in [3.63, 3.8) is 0 Å². The molecule has 0 spiro atoms. The molecule has 0 radical (unpaired) electrons. The van der Waals surface area contributed by atoms with E-state index in [-0.39, 0.29) is 19.3 Å². The van der Waals surface area contributed by atoms with E-state index < -0.39 is 53.0 Å². The maximum atomic E-state index is 13.5. The van der Waals surface area contributed by atoms with Gasteiger partial charge in [0, 0.05) is 18.2 Å². The molecule has 2 atom stereocenters. The van der Waals surface area contributed by atoms with E-state index in [9.17, 15) is 31.1 Å². The van der Waals surface area contributed by atoms with Crippen LogP contribution in [0.4, 0.5) is 26.3 Å². The Labute approximate surface area is 128 Å². The van der Waals surface area contributed by atoms with Gasteiger partial charge in [-0.25, -0.2) is 13.2 Å². The van der Waals surface area contributed by atoms with Gasteiger partial charge in [0.25, 0.3) is 0 Å². The van der Waals surface area contributed by atoms with E-state index in [0.717, 1.165) is 0 Å². The fourth-order valence-electron chi connectivity index (χ4n) is 3.14. The van der Waals surface area contributed by atoms with Crippen LogP contribution in [0.5, 0.6) is 0 Å². The van der Waals surface area contributed by atoms with E-state index in [4.69, 9.17) is 0 Å². The second-order valence-corrected chi connectivity index (χ2v) is 5.81. The lowest BCUT2D eigenvalue weighted by Crippen LogP contribution is -2.52. The van der Waals surface area contributed by atoms with Crippen LogP contribution < -0.4 is 5.32 Å². The Bertz CT molecular complexity index is 615. The maximum absolute atomic E-state index is 13.5. The summed E-state index contributed by atoms with van der Waals surface area (Å²) in [4.78, 5) is 12.1. The van der Waals surface area contributed by atoms with Gasteiger partial charge in [-0.1, -0.05) is 13.3 Å².